The first-order chi connectivity index (χ1) is 10.8. The molecule has 12 heteroatoms. The van der Waals surface area contributed by atoms with Gasteiger partial charge in [0.2, 0.25) is 0 Å². The second-order valence-electron chi connectivity index (χ2n) is 4.30. The molecular formula is C12H10ClF7N2O2. The predicted octanol–water partition coefficient (Wildman–Crippen LogP) is 4.16. The molecular weight excluding hydrogens is 373 g/mol. The Morgan fingerprint density at radius 3 is 2.29 bits per heavy atom. The Labute approximate surface area is 135 Å². The van der Waals surface area contributed by atoms with Crippen LogP contribution in [0.3, 0.4) is 0 Å². The summed E-state index contributed by atoms with van der Waals surface area (Å²) < 4.78 is 91.9. The maximum atomic E-state index is 13.0. The van der Waals surface area contributed by atoms with Gasteiger partial charge in [-0.05, 0) is 24.6 Å². The predicted molar refractivity (Wildman–Crippen MR) is 71.0 cm³/mol. The van der Waals surface area contributed by atoms with Gasteiger partial charge in [0.1, 0.15) is 0 Å². The lowest BCUT2D eigenvalue weighted by Crippen LogP contribution is -2.58. The van der Waals surface area contributed by atoms with Crippen LogP contribution in [0, 0.1) is 0 Å². The highest BCUT2D eigenvalue weighted by Crippen LogP contribution is 2.45. The lowest BCUT2D eigenvalue weighted by Gasteiger charge is -2.27. The Hall–Kier alpha value is -1.91. The summed E-state index contributed by atoms with van der Waals surface area (Å²) in [6, 6.07) is -3.61. The van der Waals surface area contributed by atoms with Crippen molar-refractivity contribution in [2.75, 3.05) is 6.61 Å². The zero-order valence-electron chi connectivity index (χ0n) is 11.8. The van der Waals surface area contributed by atoms with Gasteiger partial charge in [-0.15, -0.1) is 0 Å². The molecule has 4 nitrogen and oxygen atoms in total. The number of phenols is 1. The molecule has 1 rings (SSSR count). The molecule has 0 aliphatic heterocycles. The van der Waals surface area contributed by atoms with Crippen LogP contribution in [0.15, 0.2) is 17.2 Å². The van der Waals surface area contributed by atoms with Crippen molar-refractivity contribution >= 4 is 17.8 Å². The fourth-order valence-corrected chi connectivity index (χ4v) is 1.59. The van der Waals surface area contributed by atoms with E-state index in [1.807, 2.05) is 0 Å². The van der Waals surface area contributed by atoms with E-state index in [0.717, 1.165) is 12.1 Å². The third-order valence-electron chi connectivity index (χ3n) is 2.52. The zero-order chi connectivity index (χ0) is 18.8. The Kier molecular flexibility index (Phi) is 5.80. The number of phenolic OH excluding ortho intramolecular Hbond substituents is 1. The second kappa shape index (κ2) is 6.91. The average molecular weight is 383 g/mol. The Balaban J connectivity index is 2.99. The second-order valence-corrected chi connectivity index (χ2v) is 4.71. The quantitative estimate of drug-likeness (QED) is 0.336. The first kappa shape index (κ1) is 20.1. The minimum Gasteiger partial charge on any atom is -0.503 e. The van der Waals surface area contributed by atoms with E-state index in [2.05, 4.69) is 5.10 Å². The van der Waals surface area contributed by atoms with Gasteiger partial charge in [0.25, 0.3) is 0 Å². The lowest BCUT2D eigenvalue weighted by molar-refractivity contribution is -0.361. The summed E-state index contributed by atoms with van der Waals surface area (Å²) in [4.78, 5) is 0. The molecule has 0 heterocycles. The average Bonchev–Trinajstić information content (AvgIpc) is 2.42. The molecule has 0 saturated heterocycles. The third kappa shape index (κ3) is 4.13. The third-order valence-corrected chi connectivity index (χ3v) is 2.81. The summed E-state index contributed by atoms with van der Waals surface area (Å²) in [5.41, 5.74) is 0.362. The molecule has 0 atom stereocenters. The van der Waals surface area contributed by atoms with Crippen molar-refractivity contribution in [1.82, 2.24) is 5.43 Å². The Morgan fingerprint density at radius 2 is 1.79 bits per heavy atom. The van der Waals surface area contributed by atoms with Crippen molar-refractivity contribution in [3.63, 3.8) is 0 Å². The van der Waals surface area contributed by atoms with Crippen molar-refractivity contribution in [2.45, 2.75) is 25.1 Å². The number of hydrazone groups is 1. The van der Waals surface area contributed by atoms with E-state index in [1.54, 1.807) is 6.92 Å². The summed E-state index contributed by atoms with van der Waals surface area (Å²) in [6.07, 6.45) is -5.96. The molecule has 0 saturated carbocycles. The molecule has 0 bridgehead atoms. The maximum Gasteiger partial charge on any atom is 0.462 e. The van der Waals surface area contributed by atoms with Crippen molar-refractivity contribution in [3.05, 3.63) is 22.7 Å². The Morgan fingerprint density at radius 1 is 1.21 bits per heavy atom. The zero-order valence-corrected chi connectivity index (χ0v) is 12.5. The van der Waals surface area contributed by atoms with Crippen LogP contribution in [0.4, 0.5) is 30.7 Å². The highest BCUT2D eigenvalue weighted by molar-refractivity contribution is 6.32. The van der Waals surface area contributed by atoms with Crippen LogP contribution in [0.25, 0.3) is 0 Å². The normalized spacial score (nSPS) is 13.4. The van der Waals surface area contributed by atoms with Crippen LogP contribution in [0.5, 0.6) is 11.5 Å². The molecule has 136 valence electrons. The van der Waals surface area contributed by atoms with E-state index in [-0.39, 0.29) is 22.9 Å². The van der Waals surface area contributed by atoms with Crippen molar-refractivity contribution < 1.29 is 40.6 Å². The highest BCUT2D eigenvalue weighted by atomic mass is 35.5. The number of ether oxygens (including phenoxy) is 1. The molecule has 0 unspecified atom stereocenters. The molecule has 24 heavy (non-hydrogen) atoms. The standard InChI is InChI=1S/C12H10ClF7N2O2/c1-2-24-8-4-6(3-7(13)9(8)23)5-21-22-12(19,20)10(14,15)11(16,17)18/h3-5,22-23H,2H2,1H3/b21-5+. The molecule has 0 amide bonds. The number of aromatic hydroxyl groups is 1. The van der Waals surface area contributed by atoms with E-state index in [9.17, 15) is 35.8 Å². The van der Waals surface area contributed by atoms with E-state index < -0.39 is 23.9 Å². The molecule has 0 aliphatic carbocycles. The highest BCUT2D eigenvalue weighted by Gasteiger charge is 2.73. The van der Waals surface area contributed by atoms with Gasteiger partial charge < -0.3 is 9.84 Å². The Bertz CT molecular complexity index is 620. The minimum absolute atomic E-state index is 0.0973. The number of nitrogens with one attached hydrogen (secondary N) is 1. The fraction of sp³-hybridized carbons (Fsp3) is 0.417. The number of nitrogens with zero attached hydrogens (tertiary/aromatic N) is 1. The first-order valence-corrected chi connectivity index (χ1v) is 6.49. The van der Waals surface area contributed by atoms with E-state index >= 15 is 0 Å². The van der Waals surface area contributed by atoms with Crippen LogP contribution in [-0.2, 0) is 0 Å². The van der Waals surface area contributed by atoms with E-state index in [4.69, 9.17) is 16.3 Å². The summed E-state index contributed by atoms with van der Waals surface area (Å²) in [7, 11) is 0. The number of halogens is 8. The lowest BCUT2D eigenvalue weighted by atomic mass is 10.2. The first-order valence-electron chi connectivity index (χ1n) is 6.11. The minimum atomic E-state index is -6.47. The molecule has 0 aromatic heterocycles. The molecule has 1 aromatic rings. The van der Waals surface area contributed by atoms with Crippen molar-refractivity contribution in [3.8, 4) is 11.5 Å². The van der Waals surface area contributed by atoms with Crippen LogP contribution in [0.2, 0.25) is 5.02 Å². The molecule has 0 radical (unpaired) electrons. The van der Waals surface area contributed by atoms with E-state index in [0.29, 0.717) is 11.6 Å². The van der Waals surface area contributed by atoms with Crippen LogP contribution in [-0.4, -0.2) is 36.1 Å². The molecule has 0 fully saturated rings. The van der Waals surface area contributed by atoms with Crippen LogP contribution in [0.1, 0.15) is 12.5 Å². The number of benzene rings is 1. The van der Waals surface area contributed by atoms with Crippen LogP contribution >= 0.6 is 11.6 Å². The van der Waals surface area contributed by atoms with Gasteiger partial charge in [0, 0.05) is 0 Å². The van der Waals surface area contributed by atoms with Gasteiger partial charge in [-0.1, -0.05) is 11.6 Å². The summed E-state index contributed by atoms with van der Waals surface area (Å²) in [5, 5.41) is 11.9. The number of hydrogen-bond acceptors (Lipinski definition) is 4. The van der Waals surface area contributed by atoms with Gasteiger partial charge in [0.15, 0.2) is 11.5 Å². The SMILES string of the molecule is CCOc1cc(/C=N/NC(F)(F)C(F)(F)C(F)(F)F)cc(Cl)c1O. The van der Waals surface area contributed by atoms with Crippen LogP contribution < -0.4 is 10.2 Å². The largest absolute Gasteiger partial charge is 0.503 e. The smallest absolute Gasteiger partial charge is 0.462 e. The van der Waals surface area contributed by atoms with Gasteiger partial charge >= 0.3 is 18.1 Å². The van der Waals surface area contributed by atoms with Gasteiger partial charge in [-0.25, -0.2) is 5.43 Å². The fourth-order valence-electron chi connectivity index (χ4n) is 1.37. The topological polar surface area (TPSA) is 53.8 Å². The van der Waals surface area contributed by atoms with Crippen molar-refractivity contribution in [2.24, 2.45) is 5.10 Å². The molecule has 0 aliphatic rings. The summed E-state index contributed by atoms with van der Waals surface area (Å²) in [6.45, 7) is 1.67. The summed E-state index contributed by atoms with van der Waals surface area (Å²) in [5.74, 6) is -6.95. The monoisotopic (exact) mass is 382 g/mol. The summed E-state index contributed by atoms with van der Waals surface area (Å²) >= 11 is 5.63. The van der Waals surface area contributed by atoms with Gasteiger partial charge in [-0.3, -0.25) is 0 Å². The van der Waals surface area contributed by atoms with E-state index in [1.165, 1.54) is 0 Å². The number of rotatable bonds is 6. The van der Waals surface area contributed by atoms with Gasteiger partial charge in [-0.2, -0.15) is 35.8 Å². The van der Waals surface area contributed by atoms with Gasteiger partial charge in [0.05, 0.1) is 17.8 Å². The van der Waals surface area contributed by atoms with Crippen molar-refractivity contribution in [1.29, 1.82) is 0 Å². The number of hydrogen-bond donors (Lipinski definition) is 2. The molecule has 0 spiro atoms. The molecule has 1 aromatic carbocycles. The number of alkyl halides is 7. The maximum absolute atomic E-state index is 13.0. The molecule has 2 N–H and O–H groups in total.